The fourth-order valence-corrected chi connectivity index (χ4v) is 1.90. The van der Waals surface area contributed by atoms with Crippen LogP contribution in [-0.4, -0.2) is 38.6 Å². The zero-order valence-corrected chi connectivity index (χ0v) is 9.18. The number of ether oxygens (including phenoxy) is 1. The number of aromatic nitrogens is 2. The van der Waals surface area contributed by atoms with E-state index in [2.05, 4.69) is 0 Å². The van der Waals surface area contributed by atoms with Gasteiger partial charge in [0, 0.05) is 12.3 Å². The summed E-state index contributed by atoms with van der Waals surface area (Å²) in [5.41, 5.74) is -1.31. The minimum absolute atomic E-state index is 0.464. The molecule has 0 unspecified atom stereocenters. The largest absolute Gasteiger partial charge is 0.394 e. The molecule has 1 fully saturated rings. The first-order valence-electron chi connectivity index (χ1n) is 5.24. The van der Waals surface area contributed by atoms with Crippen LogP contribution in [0.5, 0.6) is 0 Å². The third-order valence-corrected chi connectivity index (χ3v) is 2.82. The van der Waals surface area contributed by atoms with E-state index >= 15 is 0 Å². The number of hydrogen-bond acceptors (Lipinski definition) is 6. The Kier molecular flexibility index (Phi) is 3.29. The molecule has 1 saturated heterocycles. The van der Waals surface area contributed by atoms with Crippen LogP contribution in [0.4, 0.5) is 0 Å². The van der Waals surface area contributed by atoms with Gasteiger partial charge in [0.05, 0.1) is 12.7 Å². The minimum atomic E-state index is -1.19. The van der Waals surface area contributed by atoms with E-state index in [9.17, 15) is 14.7 Å². The van der Waals surface area contributed by atoms with Crippen molar-refractivity contribution in [3.8, 4) is 6.07 Å². The molecule has 0 spiro atoms. The van der Waals surface area contributed by atoms with Gasteiger partial charge in [-0.2, -0.15) is 5.26 Å². The van der Waals surface area contributed by atoms with Gasteiger partial charge in [0.15, 0.2) is 6.23 Å². The molecule has 0 aliphatic carbocycles. The van der Waals surface area contributed by atoms with Crippen LogP contribution >= 0.6 is 0 Å². The molecular weight excluding hydrogens is 242 g/mol. The average Bonchev–Trinajstić information content (AvgIpc) is 2.65. The Bertz CT molecular complexity index is 586. The third kappa shape index (κ3) is 1.95. The lowest BCUT2D eigenvalue weighted by atomic mass is 10.0. The predicted molar refractivity (Wildman–Crippen MR) is 57.4 cm³/mol. The molecule has 1 aliphatic heterocycles. The summed E-state index contributed by atoms with van der Waals surface area (Å²) in [7, 11) is 0. The van der Waals surface area contributed by atoms with Crippen LogP contribution in [0.3, 0.4) is 0 Å². The monoisotopic (exact) mass is 253 g/mol. The molecule has 0 saturated carbocycles. The summed E-state index contributed by atoms with van der Waals surface area (Å²) >= 11 is 0. The highest BCUT2D eigenvalue weighted by Gasteiger charge is 2.44. The molecule has 8 heteroatoms. The van der Waals surface area contributed by atoms with Crippen LogP contribution in [0.15, 0.2) is 21.9 Å². The van der Waals surface area contributed by atoms with E-state index in [4.69, 9.17) is 15.1 Å². The van der Waals surface area contributed by atoms with Crippen molar-refractivity contribution in [3.63, 3.8) is 0 Å². The van der Waals surface area contributed by atoms with Crippen LogP contribution in [0.25, 0.3) is 0 Å². The predicted octanol–water partition coefficient (Wildman–Crippen LogP) is -2.07. The summed E-state index contributed by atoms with van der Waals surface area (Å²) in [6.45, 7) is -0.464. The first-order valence-corrected chi connectivity index (χ1v) is 5.24. The van der Waals surface area contributed by atoms with E-state index in [-0.39, 0.29) is 0 Å². The molecule has 8 nitrogen and oxygen atoms in total. The second kappa shape index (κ2) is 4.73. The smallest absolute Gasteiger partial charge is 0.330 e. The molecule has 96 valence electrons. The fourth-order valence-electron chi connectivity index (χ4n) is 1.90. The topological polar surface area (TPSA) is 128 Å². The number of nitriles is 1. The molecule has 0 radical (unpaired) electrons. The molecule has 1 aromatic rings. The standard InChI is InChI=1S/C10H11N3O5/c11-3-5-8(16)6(4-14)18-9(5)13-2-1-7(15)12-10(13)17/h1-2,5-6,8-9,14,16H,4H2,(H,12,15,17)/t5-,6-,8+,9-/m1/s1. The van der Waals surface area contributed by atoms with Gasteiger partial charge in [-0.1, -0.05) is 0 Å². The lowest BCUT2D eigenvalue weighted by Gasteiger charge is -2.15. The first-order chi connectivity index (χ1) is 8.58. The first kappa shape index (κ1) is 12.5. The Morgan fingerprint density at radius 1 is 1.56 bits per heavy atom. The SMILES string of the molecule is N#C[C@@H]1[C@H](O)[C@@H](CO)O[C@H]1n1ccc(=O)[nH]c1=O. The van der Waals surface area contributed by atoms with Crippen molar-refractivity contribution in [2.24, 2.45) is 5.92 Å². The number of aliphatic hydroxyl groups is 2. The van der Waals surface area contributed by atoms with Crippen LogP contribution in [0.2, 0.25) is 0 Å². The fraction of sp³-hybridized carbons (Fsp3) is 0.500. The highest BCUT2D eigenvalue weighted by atomic mass is 16.5. The van der Waals surface area contributed by atoms with E-state index in [1.807, 2.05) is 11.1 Å². The van der Waals surface area contributed by atoms with Gasteiger partial charge in [0.2, 0.25) is 0 Å². The van der Waals surface area contributed by atoms with Gasteiger partial charge >= 0.3 is 5.69 Å². The zero-order valence-electron chi connectivity index (χ0n) is 9.18. The number of nitrogens with zero attached hydrogens (tertiary/aromatic N) is 2. The van der Waals surface area contributed by atoms with Crippen molar-refractivity contribution >= 4 is 0 Å². The van der Waals surface area contributed by atoms with E-state index in [1.54, 1.807) is 0 Å². The van der Waals surface area contributed by atoms with Gasteiger partial charge in [-0.25, -0.2) is 4.79 Å². The maximum absolute atomic E-state index is 11.6. The number of nitrogens with one attached hydrogen (secondary N) is 1. The van der Waals surface area contributed by atoms with E-state index in [1.165, 1.54) is 6.20 Å². The van der Waals surface area contributed by atoms with Crippen molar-refractivity contribution < 1.29 is 14.9 Å². The Morgan fingerprint density at radius 2 is 2.28 bits per heavy atom. The van der Waals surface area contributed by atoms with Crippen LogP contribution in [0.1, 0.15) is 6.23 Å². The van der Waals surface area contributed by atoms with Crippen molar-refractivity contribution in [1.29, 1.82) is 5.26 Å². The number of H-pyrrole nitrogens is 1. The normalized spacial score (nSPS) is 31.2. The van der Waals surface area contributed by atoms with Crippen molar-refractivity contribution in [2.75, 3.05) is 6.61 Å². The van der Waals surface area contributed by atoms with Gasteiger partial charge in [0.25, 0.3) is 5.56 Å². The van der Waals surface area contributed by atoms with Crippen molar-refractivity contribution in [2.45, 2.75) is 18.4 Å². The maximum atomic E-state index is 11.6. The molecule has 2 heterocycles. The lowest BCUT2D eigenvalue weighted by Crippen LogP contribution is -2.34. The highest BCUT2D eigenvalue weighted by molar-refractivity contribution is 5.01. The molecule has 2 rings (SSSR count). The summed E-state index contributed by atoms with van der Waals surface area (Å²) in [5.74, 6) is -0.995. The van der Waals surface area contributed by atoms with E-state index in [0.29, 0.717) is 0 Å². The summed E-state index contributed by atoms with van der Waals surface area (Å²) in [6, 6.07) is 2.94. The van der Waals surface area contributed by atoms with Crippen LogP contribution in [0, 0.1) is 17.2 Å². The van der Waals surface area contributed by atoms with Gasteiger partial charge in [0.1, 0.15) is 18.1 Å². The number of hydrogen-bond donors (Lipinski definition) is 3. The van der Waals surface area contributed by atoms with Crippen LogP contribution < -0.4 is 11.2 Å². The second-order valence-corrected chi connectivity index (χ2v) is 3.91. The van der Waals surface area contributed by atoms with Gasteiger partial charge in [-0.3, -0.25) is 14.3 Å². The summed E-state index contributed by atoms with van der Waals surface area (Å²) in [4.78, 5) is 24.5. The summed E-state index contributed by atoms with van der Waals surface area (Å²) in [6.07, 6.45) is -1.98. The Balaban J connectivity index is 2.42. The summed E-state index contributed by atoms with van der Waals surface area (Å²) in [5, 5.41) is 27.7. The maximum Gasteiger partial charge on any atom is 0.330 e. The number of aliphatic hydroxyl groups excluding tert-OH is 2. The molecule has 1 aliphatic rings. The Labute approximate surface area is 101 Å². The van der Waals surface area contributed by atoms with Crippen LogP contribution in [-0.2, 0) is 4.74 Å². The van der Waals surface area contributed by atoms with Gasteiger partial charge < -0.3 is 14.9 Å². The van der Waals surface area contributed by atoms with Gasteiger partial charge in [-0.15, -0.1) is 0 Å². The molecule has 0 amide bonds. The average molecular weight is 253 g/mol. The van der Waals surface area contributed by atoms with E-state index < -0.39 is 42.2 Å². The van der Waals surface area contributed by atoms with Crippen molar-refractivity contribution in [1.82, 2.24) is 9.55 Å². The zero-order chi connectivity index (χ0) is 13.3. The van der Waals surface area contributed by atoms with E-state index in [0.717, 1.165) is 10.6 Å². The third-order valence-electron chi connectivity index (χ3n) is 2.82. The number of aromatic amines is 1. The van der Waals surface area contributed by atoms with Crippen molar-refractivity contribution in [3.05, 3.63) is 33.1 Å². The lowest BCUT2D eigenvalue weighted by molar-refractivity contribution is -0.0470. The molecule has 1 aromatic heterocycles. The quantitative estimate of drug-likeness (QED) is 0.555. The van der Waals surface area contributed by atoms with Gasteiger partial charge in [-0.05, 0) is 0 Å². The molecule has 0 aromatic carbocycles. The molecular formula is C10H11N3O5. The highest BCUT2D eigenvalue weighted by Crippen LogP contribution is 2.33. The minimum Gasteiger partial charge on any atom is -0.394 e. The summed E-state index contributed by atoms with van der Waals surface area (Å²) < 4.78 is 6.26. The molecule has 0 bridgehead atoms. The Morgan fingerprint density at radius 3 is 2.83 bits per heavy atom. The molecule has 18 heavy (non-hydrogen) atoms. The second-order valence-electron chi connectivity index (χ2n) is 3.91. The molecule has 4 atom stereocenters. The Hall–Kier alpha value is -1.95. The molecule has 3 N–H and O–H groups in total. The number of rotatable bonds is 2.